The number of hydrogen-bond donors (Lipinski definition) is 2. The van der Waals surface area contributed by atoms with Crippen molar-refractivity contribution in [2.75, 3.05) is 13.2 Å². The lowest BCUT2D eigenvalue weighted by Crippen LogP contribution is -2.47. The van der Waals surface area contributed by atoms with Gasteiger partial charge in [0.05, 0.1) is 5.02 Å². The summed E-state index contributed by atoms with van der Waals surface area (Å²) in [7, 11) is 0. The van der Waals surface area contributed by atoms with Gasteiger partial charge in [0.1, 0.15) is 11.3 Å². The molecule has 1 saturated heterocycles. The van der Waals surface area contributed by atoms with Crippen LogP contribution in [0.5, 0.6) is 5.75 Å². The summed E-state index contributed by atoms with van der Waals surface area (Å²) in [6, 6.07) is 7.85. The van der Waals surface area contributed by atoms with Gasteiger partial charge in [-0.25, -0.2) is 0 Å². The maximum atomic E-state index is 12.1. The first kappa shape index (κ1) is 16.0. The van der Waals surface area contributed by atoms with Crippen LogP contribution in [0.1, 0.15) is 19.8 Å². The summed E-state index contributed by atoms with van der Waals surface area (Å²) in [6.07, 6.45) is 3.57. The van der Waals surface area contributed by atoms with Gasteiger partial charge in [0.25, 0.3) is 5.91 Å². The molecule has 1 aromatic carbocycles. The zero-order valence-corrected chi connectivity index (χ0v) is 13.8. The first-order valence-corrected chi connectivity index (χ1v) is 8.20. The van der Waals surface area contributed by atoms with Gasteiger partial charge in [0.15, 0.2) is 6.61 Å². The lowest BCUT2D eigenvalue weighted by molar-refractivity contribution is -0.124. The summed E-state index contributed by atoms with van der Waals surface area (Å²) in [4.78, 5) is 16.4. The van der Waals surface area contributed by atoms with Crippen LogP contribution < -0.4 is 15.4 Å². The molecule has 0 aliphatic carbocycles. The van der Waals surface area contributed by atoms with Crippen molar-refractivity contribution < 1.29 is 9.53 Å². The molecule has 2 aromatic rings. The zero-order valence-electron chi connectivity index (χ0n) is 13.0. The van der Waals surface area contributed by atoms with E-state index in [-0.39, 0.29) is 18.6 Å². The monoisotopic (exact) mass is 333 g/mol. The van der Waals surface area contributed by atoms with Crippen LogP contribution in [0.15, 0.2) is 30.5 Å². The van der Waals surface area contributed by atoms with E-state index in [0.29, 0.717) is 22.3 Å². The molecular formula is C17H20ClN3O2. The Labute approximate surface area is 140 Å². The number of benzene rings is 1. The number of nitrogens with one attached hydrogen (secondary N) is 2. The quantitative estimate of drug-likeness (QED) is 0.902. The molecule has 2 unspecified atom stereocenters. The van der Waals surface area contributed by atoms with Crippen LogP contribution in [0.4, 0.5) is 0 Å². The first-order valence-electron chi connectivity index (χ1n) is 7.82. The number of rotatable bonds is 4. The van der Waals surface area contributed by atoms with Gasteiger partial charge in [-0.05, 0) is 50.6 Å². The predicted molar refractivity (Wildman–Crippen MR) is 90.9 cm³/mol. The van der Waals surface area contributed by atoms with E-state index in [2.05, 4.69) is 22.5 Å². The maximum Gasteiger partial charge on any atom is 0.258 e. The zero-order chi connectivity index (χ0) is 16.2. The lowest BCUT2D eigenvalue weighted by Gasteiger charge is -2.28. The molecule has 2 heterocycles. The number of nitrogens with zero attached hydrogens (tertiary/aromatic N) is 1. The summed E-state index contributed by atoms with van der Waals surface area (Å²) >= 11 is 6.15. The Morgan fingerprint density at radius 1 is 1.48 bits per heavy atom. The van der Waals surface area contributed by atoms with Crippen LogP contribution in [-0.2, 0) is 4.79 Å². The number of fused-ring (bicyclic) bond motifs is 1. The molecular weight excluding hydrogens is 314 g/mol. The summed E-state index contributed by atoms with van der Waals surface area (Å²) in [5.41, 5.74) is 0.670. The minimum Gasteiger partial charge on any atom is -0.481 e. The number of hydrogen-bond acceptors (Lipinski definition) is 4. The van der Waals surface area contributed by atoms with E-state index in [1.165, 1.54) is 0 Å². The fraction of sp³-hybridized carbons (Fsp3) is 0.412. The molecule has 0 radical (unpaired) electrons. The van der Waals surface area contributed by atoms with E-state index in [1.807, 2.05) is 12.1 Å². The molecule has 1 aliphatic rings. The molecule has 0 saturated carbocycles. The number of ether oxygens (including phenoxy) is 1. The van der Waals surface area contributed by atoms with Crippen molar-refractivity contribution >= 4 is 28.4 Å². The number of halogens is 1. The summed E-state index contributed by atoms with van der Waals surface area (Å²) in [6.45, 7) is 3.03. The topological polar surface area (TPSA) is 63.2 Å². The number of carbonyl (C=O) groups is 1. The molecule has 1 aliphatic heterocycles. The van der Waals surface area contributed by atoms with Crippen LogP contribution in [0.3, 0.4) is 0 Å². The third-order valence-electron chi connectivity index (χ3n) is 4.03. The summed E-state index contributed by atoms with van der Waals surface area (Å²) in [5.74, 6) is 0.460. The highest BCUT2D eigenvalue weighted by Gasteiger charge is 2.20. The van der Waals surface area contributed by atoms with Gasteiger partial charge in [0, 0.05) is 23.7 Å². The fourth-order valence-electron chi connectivity index (χ4n) is 2.90. The Balaban J connectivity index is 1.62. The largest absolute Gasteiger partial charge is 0.481 e. The number of carbonyl (C=O) groups excluding carboxylic acids is 1. The van der Waals surface area contributed by atoms with Gasteiger partial charge in [0.2, 0.25) is 0 Å². The minimum atomic E-state index is -0.108. The standard InChI is InChI=1S/C17H20ClN3O2/c1-11-9-12(6-8-19-11)21-16(22)10-23-15-5-4-14(18)13-3-2-7-20-17(13)15/h2-5,7,11-12,19H,6,8-10H2,1H3,(H,21,22). The molecule has 23 heavy (non-hydrogen) atoms. The second-order valence-corrected chi connectivity index (χ2v) is 6.28. The molecule has 3 rings (SSSR count). The van der Waals surface area contributed by atoms with E-state index in [0.717, 1.165) is 24.8 Å². The highest BCUT2D eigenvalue weighted by atomic mass is 35.5. The molecule has 1 amide bonds. The lowest BCUT2D eigenvalue weighted by atomic mass is 10.0. The van der Waals surface area contributed by atoms with Crippen LogP contribution in [0.2, 0.25) is 5.02 Å². The van der Waals surface area contributed by atoms with Crippen molar-refractivity contribution in [2.24, 2.45) is 0 Å². The third-order valence-corrected chi connectivity index (χ3v) is 4.36. The van der Waals surface area contributed by atoms with Gasteiger partial charge < -0.3 is 15.4 Å². The molecule has 2 atom stereocenters. The van der Waals surface area contributed by atoms with Gasteiger partial charge in [-0.1, -0.05) is 11.6 Å². The number of amides is 1. The van der Waals surface area contributed by atoms with Crippen molar-refractivity contribution in [3.63, 3.8) is 0 Å². The third kappa shape index (κ3) is 3.92. The number of aromatic nitrogens is 1. The van der Waals surface area contributed by atoms with Crippen molar-refractivity contribution in [2.45, 2.75) is 31.8 Å². The average molecular weight is 334 g/mol. The van der Waals surface area contributed by atoms with E-state index in [4.69, 9.17) is 16.3 Å². The smallest absolute Gasteiger partial charge is 0.258 e. The SMILES string of the molecule is CC1CC(NC(=O)COc2ccc(Cl)c3cccnc23)CCN1. The van der Waals surface area contributed by atoms with Gasteiger partial charge in [-0.15, -0.1) is 0 Å². The van der Waals surface area contributed by atoms with Crippen molar-refractivity contribution in [3.05, 3.63) is 35.5 Å². The average Bonchev–Trinajstić information content (AvgIpc) is 2.54. The Morgan fingerprint density at radius 3 is 3.17 bits per heavy atom. The van der Waals surface area contributed by atoms with E-state index >= 15 is 0 Å². The molecule has 122 valence electrons. The van der Waals surface area contributed by atoms with Crippen molar-refractivity contribution in [1.82, 2.24) is 15.6 Å². The van der Waals surface area contributed by atoms with Gasteiger partial charge >= 0.3 is 0 Å². The number of pyridine rings is 1. The van der Waals surface area contributed by atoms with Crippen molar-refractivity contribution in [3.8, 4) is 5.75 Å². The molecule has 6 heteroatoms. The van der Waals surface area contributed by atoms with E-state index in [1.54, 1.807) is 18.3 Å². The van der Waals surface area contributed by atoms with E-state index in [9.17, 15) is 4.79 Å². The predicted octanol–water partition coefficient (Wildman–Crippen LogP) is 2.52. The molecule has 0 spiro atoms. The molecule has 2 N–H and O–H groups in total. The van der Waals surface area contributed by atoms with Gasteiger partial charge in [-0.3, -0.25) is 9.78 Å². The second kappa shape index (κ2) is 7.15. The molecule has 0 bridgehead atoms. The maximum absolute atomic E-state index is 12.1. The molecule has 5 nitrogen and oxygen atoms in total. The summed E-state index contributed by atoms with van der Waals surface area (Å²) < 4.78 is 5.66. The summed E-state index contributed by atoms with van der Waals surface area (Å²) in [5, 5.41) is 7.83. The van der Waals surface area contributed by atoms with Gasteiger partial charge in [-0.2, -0.15) is 0 Å². The Bertz CT molecular complexity index is 707. The first-order chi connectivity index (χ1) is 11.1. The Morgan fingerprint density at radius 2 is 2.35 bits per heavy atom. The van der Waals surface area contributed by atoms with E-state index < -0.39 is 0 Å². The Hall–Kier alpha value is -1.85. The molecule has 1 aromatic heterocycles. The van der Waals surface area contributed by atoms with Crippen LogP contribution in [-0.4, -0.2) is 36.1 Å². The highest BCUT2D eigenvalue weighted by molar-refractivity contribution is 6.35. The molecule has 1 fully saturated rings. The van der Waals surface area contributed by atoms with Crippen LogP contribution in [0.25, 0.3) is 10.9 Å². The minimum absolute atomic E-state index is 0.0222. The normalized spacial score (nSPS) is 21.1. The number of piperidine rings is 1. The second-order valence-electron chi connectivity index (χ2n) is 5.88. The highest BCUT2D eigenvalue weighted by Crippen LogP contribution is 2.29. The van der Waals surface area contributed by atoms with Crippen LogP contribution in [0, 0.1) is 0 Å². The van der Waals surface area contributed by atoms with Crippen LogP contribution >= 0.6 is 11.6 Å². The Kier molecular flexibility index (Phi) is 4.98. The fourth-order valence-corrected chi connectivity index (χ4v) is 3.12. The van der Waals surface area contributed by atoms with Crippen molar-refractivity contribution in [1.29, 1.82) is 0 Å².